The van der Waals surface area contributed by atoms with E-state index < -0.39 is 36.2 Å². The number of fused-ring (bicyclic) bond motifs is 1. The van der Waals surface area contributed by atoms with Gasteiger partial charge in [0.1, 0.15) is 23.6 Å². The number of hydrogen-bond donors (Lipinski definition) is 5. The molecule has 0 bridgehead atoms. The molecule has 1 heterocycles. The van der Waals surface area contributed by atoms with E-state index >= 15 is 0 Å². The van der Waals surface area contributed by atoms with Gasteiger partial charge in [0, 0.05) is 24.5 Å². The molecule has 0 saturated heterocycles. The van der Waals surface area contributed by atoms with Gasteiger partial charge in [0.25, 0.3) is 5.91 Å². The van der Waals surface area contributed by atoms with E-state index in [1.807, 2.05) is 0 Å². The normalized spacial score (nSPS) is 18.7. The summed E-state index contributed by atoms with van der Waals surface area (Å²) in [5.74, 6) is -1.65. The molecule has 0 aromatic heterocycles. The van der Waals surface area contributed by atoms with Gasteiger partial charge in [-0.05, 0) is 60.4 Å². The van der Waals surface area contributed by atoms with Crippen molar-refractivity contribution in [1.29, 1.82) is 0 Å². The van der Waals surface area contributed by atoms with Gasteiger partial charge in [0.05, 0.1) is 18.6 Å². The highest BCUT2D eigenvalue weighted by Crippen LogP contribution is 2.19. The number of nitrogens with one attached hydrogen (secondary N) is 4. The summed E-state index contributed by atoms with van der Waals surface area (Å²) in [6.45, 7) is 0.964. The molecule has 0 saturated carbocycles. The largest absolute Gasteiger partial charge is 0.508 e. The van der Waals surface area contributed by atoms with Gasteiger partial charge >= 0.3 is 0 Å². The molecule has 3 aromatic rings. The number of para-hydroxylation sites is 1. The van der Waals surface area contributed by atoms with Crippen molar-refractivity contribution in [1.82, 2.24) is 21.3 Å². The van der Waals surface area contributed by atoms with Crippen LogP contribution in [0.25, 0.3) is 0 Å². The maximum atomic E-state index is 13.4. The highest BCUT2D eigenvalue weighted by atomic mass is 35.5. The topological polar surface area (TPSA) is 146 Å². The molecule has 5 N–H and O–H groups in total. The minimum Gasteiger partial charge on any atom is -0.508 e. The molecule has 11 heteroatoms. The molecule has 2 atom stereocenters. The molecule has 4 amide bonds. The molecular formula is C33H37ClN4O6. The van der Waals surface area contributed by atoms with Crippen LogP contribution in [0.1, 0.15) is 53.6 Å². The van der Waals surface area contributed by atoms with Gasteiger partial charge in [-0.1, -0.05) is 60.8 Å². The van der Waals surface area contributed by atoms with Gasteiger partial charge in [0.15, 0.2) is 0 Å². The summed E-state index contributed by atoms with van der Waals surface area (Å²) in [7, 11) is 0. The Morgan fingerprint density at radius 1 is 0.909 bits per heavy atom. The number of aromatic hydroxyl groups is 1. The van der Waals surface area contributed by atoms with Gasteiger partial charge in [-0.3, -0.25) is 19.2 Å². The van der Waals surface area contributed by atoms with Gasteiger partial charge in [-0.25, -0.2) is 0 Å². The average molecular weight is 621 g/mol. The van der Waals surface area contributed by atoms with Crippen molar-refractivity contribution in [2.24, 2.45) is 0 Å². The van der Waals surface area contributed by atoms with Crippen molar-refractivity contribution in [2.75, 3.05) is 13.2 Å². The number of halogens is 1. The zero-order chi connectivity index (χ0) is 31.3. The highest BCUT2D eigenvalue weighted by Gasteiger charge is 2.28. The van der Waals surface area contributed by atoms with Gasteiger partial charge < -0.3 is 31.1 Å². The third-order valence-electron chi connectivity index (χ3n) is 7.15. The number of carbonyl (C=O) groups is 4. The molecule has 0 spiro atoms. The number of carbonyl (C=O) groups excluding carboxylic acids is 4. The van der Waals surface area contributed by atoms with E-state index in [0.29, 0.717) is 23.9 Å². The summed E-state index contributed by atoms with van der Waals surface area (Å²) in [6, 6.07) is 17.9. The Hall–Kier alpha value is -4.57. The van der Waals surface area contributed by atoms with E-state index in [1.165, 1.54) is 12.1 Å². The predicted molar refractivity (Wildman–Crippen MR) is 166 cm³/mol. The molecule has 0 aliphatic carbocycles. The second-order valence-electron chi connectivity index (χ2n) is 10.6. The summed E-state index contributed by atoms with van der Waals surface area (Å²) in [6.07, 6.45) is 2.99. The lowest BCUT2D eigenvalue weighted by molar-refractivity contribution is -0.131. The summed E-state index contributed by atoms with van der Waals surface area (Å²) in [4.78, 5) is 53.3. The standard InChI is InChI=1S/C33H37ClN4O6/c34-24-9-7-8-23(18-24)21-36-33(43)28-20-30(40)37-27(19-22-12-14-25(39)15-13-22)32(42)35-16-5-1-2-6-17-44-29-11-4-3-10-26(29)31(41)38-28/h3-4,7-15,18,27-28,39H,1-2,5-6,16-17,19-21H2,(H,35,42)(H,36,43)(H,37,40)(H,38,41)/t27-,28-/m0/s1. The minimum atomic E-state index is -1.26. The zero-order valence-electron chi connectivity index (χ0n) is 24.3. The van der Waals surface area contributed by atoms with E-state index in [4.69, 9.17) is 16.3 Å². The Balaban J connectivity index is 1.56. The summed E-state index contributed by atoms with van der Waals surface area (Å²) in [5.41, 5.74) is 1.71. The fraction of sp³-hybridized carbons (Fsp3) is 0.333. The van der Waals surface area contributed by atoms with Crippen LogP contribution in [0.15, 0.2) is 72.8 Å². The van der Waals surface area contributed by atoms with Crippen molar-refractivity contribution in [2.45, 2.75) is 57.2 Å². The lowest BCUT2D eigenvalue weighted by Crippen LogP contribution is -2.52. The molecule has 0 radical (unpaired) electrons. The van der Waals surface area contributed by atoms with Crippen molar-refractivity contribution < 1.29 is 29.0 Å². The molecule has 4 rings (SSSR count). The first-order valence-corrected chi connectivity index (χ1v) is 15.1. The second kappa shape index (κ2) is 16.3. The number of phenols is 1. The molecule has 10 nitrogen and oxygen atoms in total. The van der Waals surface area contributed by atoms with E-state index in [2.05, 4.69) is 21.3 Å². The summed E-state index contributed by atoms with van der Waals surface area (Å²) >= 11 is 6.07. The van der Waals surface area contributed by atoms with Crippen LogP contribution in [-0.2, 0) is 27.3 Å². The van der Waals surface area contributed by atoms with E-state index in [1.54, 1.807) is 60.7 Å². The lowest BCUT2D eigenvalue weighted by atomic mass is 10.0. The fourth-order valence-electron chi connectivity index (χ4n) is 4.80. The first-order chi connectivity index (χ1) is 21.3. The fourth-order valence-corrected chi connectivity index (χ4v) is 5.01. The third kappa shape index (κ3) is 10.0. The van der Waals surface area contributed by atoms with Crippen molar-refractivity contribution >= 4 is 35.2 Å². The van der Waals surface area contributed by atoms with Crippen LogP contribution in [0, 0.1) is 0 Å². The number of amides is 4. The van der Waals surface area contributed by atoms with Crippen LogP contribution in [0.4, 0.5) is 0 Å². The third-order valence-corrected chi connectivity index (χ3v) is 7.39. The molecule has 0 unspecified atom stereocenters. The predicted octanol–water partition coefficient (Wildman–Crippen LogP) is 3.65. The van der Waals surface area contributed by atoms with Gasteiger partial charge in [0.2, 0.25) is 17.7 Å². The highest BCUT2D eigenvalue weighted by molar-refractivity contribution is 6.30. The number of rotatable bonds is 5. The molecular weight excluding hydrogens is 584 g/mol. The SMILES string of the molecule is O=C1C[C@@H](C(=O)NCc2cccc(Cl)c2)NC(=O)c2ccccc2OCCCCCCNC(=O)[C@H](Cc2ccc(O)cc2)N1. The van der Waals surface area contributed by atoms with Gasteiger partial charge in [-0.15, -0.1) is 0 Å². The number of hydrogen-bond acceptors (Lipinski definition) is 6. The van der Waals surface area contributed by atoms with Crippen LogP contribution >= 0.6 is 11.6 Å². The van der Waals surface area contributed by atoms with Crippen molar-refractivity contribution in [3.8, 4) is 11.5 Å². The first-order valence-electron chi connectivity index (χ1n) is 14.7. The van der Waals surface area contributed by atoms with Crippen molar-refractivity contribution in [3.05, 3.63) is 94.5 Å². The van der Waals surface area contributed by atoms with E-state index in [9.17, 15) is 24.3 Å². The first kappa shape index (κ1) is 32.3. The van der Waals surface area contributed by atoms with Gasteiger partial charge in [-0.2, -0.15) is 0 Å². The molecule has 1 aliphatic heterocycles. The minimum absolute atomic E-state index is 0.0845. The van der Waals surface area contributed by atoms with Crippen LogP contribution in [0.2, 0.25) is 5.02 Å². The van der Waals surface area contributed by atoms with Crippen LogP contribution < -0.4 is 26.0 Å². The Morgan fingerprint density at radius 2 is 1.68 bits per heavy atom. The number of benzene rings is 3. The van der Waals surface area contributed by atoms with Crippen LogP contribution in [0.5, 0.6) is 11.5 Å². The van der Waals surface area contributed by atoms with Crippen LogP contribution in [-0.4, -0.2) is 54.0 Å². The Kier molecular flexibility index (Phi) is 12.0. The van der Waals surface area contributed by atoms with Crippen molar-refractivity contribution in [3.63, 3.8) is 0 Å². The smallest absolute Gasteiger partial charge is 0.255 e. The quantitative estimate of drug-likeness (QED) is 0.294. The molecule has 3 aromatic carbocycles. The maximum absolute atomic E-state index is 13.4. The Morgan fingerprint density at radius 3 is 2.48 bits per heavy atom. The summed E-state index contributed by atoms with van der Waals surface area (Å²) in [5, 5.41) is 21.3. The number of ether oxygens (including phenoxy) is 1. The zero-order valence-corrected chi connectivity index (χ0v) is 25.1. The Bertz CT molecular complexity index is 1450. The molecule has 0 fully saturated rings. The average Bonchev–Trinajstić information content (AvgIpc) is 3.01. The molecule has 232 valence electrons. The monoisotopic (exact) mass is 620 g/mol. The summed E-state index contributed by atoms with van der Waals surface area (Å²) < 4.78 is 5.89. The molecule has 1 aliphatic rings. The van der Waals surface area contributed by atoms with Crippen LogP contribution in [0.3, 0.4) is 0 Å². The Labute approximate surface area is 261 Å². The molecule has 44 heavy (non-hydrogen) atoms. The lowest BCUT2D eigenvalue weighted by Gasteiger charge is -2.22. The maximum Gasteiger partial charge on any atom is 0.255 e. The number of phenolic OH excluding ortho intramolecular Hbond substituents is 1. The second-order valence-corrected chi connectivity index (χ2v) is 11.1. The van der Waals surface area contributed by atoms with E-state index in [-0.39, 0.29) is 30.2 Å². The van der Waals surface area contributed by atoms with E-state index in [0.717, 1.165) is 36.8 Å².